The van der Waals surface area contributed by atoms with Crippen molar-refractivity contribution in [3.05, 3.63) is 69.8 Å². The summed E-state index contributed by atoms with van der Waals surface area (Å²) >= 11 is 0. The van der Waals surface area contributed by atoms with E-state index < -0.39 is 17.6 Å². The van der Waals surface area contributed by atoms with E-state index in [2.05, 4.69) is 10.3 Å². The number of alkyl halides is 3. The Bertz CT molecular complexity index is 1150. The molecule has 29 heavy (non-hydrogen) atoms. The Balaban J connectivity index is 1.66. The second-order valence-electron chi connectivity index (χ2n) is 7.06. The molecule has 0 bridgehead atoms. The highest BCUT2D eigenvalue weighted by Crippen LogP contribution is 2.30. The molecule has 5 nitrogen and oxygen atoms in total. The molecule has 2 aromatic carbocycles. The minimum absolute atomic E-state index is 0.0416. The fraction of sp³-hybridized carbons (Fsp3) is 0.286. The van der Waals surface area contributed by atoms with E-state index in [1.54, 1.807) is 10.6 Å². The van der Waals surface area contributed by atoms with Crippen LogP contribution in [-0.4, -0.2) is 15.5 Å². The third kappa shape index (κ3) is 3.87. The molecule has 0 aliphatic carbocycles. The number of anilines is 1. The number of aromatic nitrogens is 2. The molecule has 0 saturated carbocycles. The summed E-state index contributed by atoms with van der Waals surface area (Å²) in [4.78, 5) is 29.9. The first kappa shape index (κ1) is 19.2. The zero-order valence-corrected chi connectivity index (χ0v) is 15.4. The number of hydrogen-bond donors (Lipinski definition) is 1. The van der Waals surface area contributed by atoms with Crippen LogP contribution in [0.4, 0.5) is 18.9 Å². The van der Waals surface area contributed by atoms with Gasteiger partial charge in [-0.15, -0.1) is 0 Å². The van der Waals surface area contributed by atoms with Crippen molar-refractivity contribution >= 4 is 22.5 Å². The van der Waals surface area contributed by atoms with Gasteiger partial charge in [-0.05, 0) is 49.2 Å². The molecule has 1 aromatic heterocycles. The molecule has 150 valence electrons. The first-order valence-corrected chi connectivity index (χ1v) is 9.35. The number of halogens is 3. The summed E-state index contributed by atoms with van der Waals surface area (Å²) in [6.45, 7) is 0.634. The van der Waals surface area contributed by atoms with Gasteiger partial charge in [-0.2, -0.15) is 13.2 Å². The average Bonchev–Trinajstić information content (AvgIpc) is 2.93. The van der Waals surface area contributed by atoms with Gasteiger partial charge >= 0.3 is 6.18 Å². The van der Waals surface area contributed by atoms with Crippen molar-refractivity contribution in [1.29, 1.82) is 0 Å². The maximum Gasteiger partial charge on any atom is 0.416 e. The Morgan fingerprint density at radius 3 is 2.69 bits per heavy atom. The highest BCUT2D eigenvalue weighted by Gasteiger charge is 2.30. The molecule has 1 N–H and O–H groups in total. The predicted octanol–water partition coefficient (Wildman–Crippen LogP) is 4.39. The first-order chi connectivity index (χ1) is 13.8. The van der Waals surface area contributed by atoms with Crippen LogP contribution < -0.4 is 10.9 Å². The van der Waals surface area contributed by atoms with Crippen LogP contribution in [0.1, 0.15) is 41.0 Å². The van der Waals surface area contributed by atoms with Crippen molar-refractivity contribution in [2.75, 3.05) is 5.32 Å². The Kier molecular flexibility index (Phi) is 4.86. The smallest absolute Gasteiger partial charge is 0.322 e. The van der Waals surface area contributed by atoms with Gasteiger partial charge in [-0.1, -0.05) is 12.5 Å². The lowest BCUT2D eigenvalue weighted by Gasteiger charge is -2.12. The Labute approximate surface area is 164 Å². The highest BCUT2D eigenvalue weighted by molar-refractivity contribution is 6.06. The summed E-state index contributed by atoms with van der Waals surface area (Å²) in [5.41, 5.74) is -0.289. The molecule has 1 aliphatic heterocycles. The highest BCUT2D eigenvalue weighted by atomic mass is 19.4. The minimum Gasteiger partial charge on any atom is -0.322 e. The SMILES string of the molecule is O=C(Nc1cccc(C(F)(F)F)c1)c1ccc2c(=O)n3c(nc2c1)CCCCC3. The molecule has 2 heterocycles. The molecule has 0 unspecified atom stereocenters. The van der Waals surface area contributed by atoms with Crippen LogP contribution in [0.15, 0.2) is 47.3 Å². The number of aryl methyl sites for hydroxylation is 1. The van der Waals surface area contributed by atoms with Crippen molar-refractivity contribution < 1.29 is 18.0 Å². The summed E-state index contributed by atoms with van der Waals surface area (Å²) in [5, 5.41) is 2.89. The molecule has 0 radical (unpaired) electrons. The van der Waals surface area contributed by atoms with Crippen LogP contribution in [-0.2, 0) is 19.1 Å². The fourth-order valence-corrected chi connectivity index (χ4v) is 3.54. The van der Waals surface area contributed by atoms with Gasteiger partial charge in [0.25, 0.3) is 11.5 Å². The van der Waals surface area contributed by atoms with Gasteiger partial charge in [-0.25, -0.2) is 4.98 Å². The molecule has 8 heteroatoms. The maximum absolute atomic E-state index is 12.9. The normalized spacial score (nSPS) is 14.3. The number of amides is 1. The monoisotopic (exact) mass is 401 g/mol. The largest absolute Gasteiger partial charge is 0.416 e. The lowest BCUT2D eigenvalue weighted by atomic mass is 10.1. The summed E-state index contributed by atoms with van der Waals surface area (Å²) in [5.74, 6) is 0.138. The number of carbonyl (C=O) groups excluding carboxylic acids is 1. The summed E-state index contributed by atoms with van der Waals surface area (Å²) in [6.07, 6.45) is -0.880. The van der Waals surface area contributed by atoms with Crippen molar-refractivity contribution in [2.24, 2.45) is 0 Å². The van der Waals surface area contributed by atoms with E-state index in [1.807, 2.05) is 0 Å². The van der Waals surface area contributed by atoms with Crippen molar-refractivity contribution in [3.63, 3.8) is 0 Å². The third-order valence-corrected chi connectivity index (χ3v) is 5.03. The number of benzene rings is 2. The molecule has 1 aliphatic rings. The number of fused-ring (bicyclic) bond motifs is 2. The van der Waals surface area contributed by atoms with Gasteiger partial charge in [0, 0.05) is 24.2 Å². The van der Waals surface area contributed by atoms with Gasteiger partial charge in [0.05, 0.1) is 16.5 Å². The topological polar surface area (TPSA) is 64.0 Å². The molecule has 0 saturated heterocycles. The minimum atomic E-state index is -4.49. The van der Waals surface area contributed by atoms with Crippen LogP contribution >= 0.6 is 0 Å². The van der Waals surface area contributed by atoms with E-state index in [1.165, 1.54) is 24.3 Å². The van der Waals surface area contributed by atoms with E-state index >= 15 is 0 Å². The Morgan fingerprint density at radius 2 is 1.90 bits per heavy atom. The second kappa shape index (κ2) is 7.35. The van der Waals surface area contributed by atoms with Crippen LogP contribution in [0.2, 0.25) is 0 Å². The fourth-order valence-electron chi connectivity index (χ4n) is 3.54. The second-order valence-corrected chi connectivity index (χ2v) is 7.06. The lowest BCUT2D eigenvalue weighted by molar-refractivity contribution is -0.137. The van der Waals surface area contributed by atoms with E-state index in [0.29, 0.717) is 29.7 Å². The van der Waals surface area contributed by atoms with Crippen molar-refractivity contribution in [2.45, 2.75) is 38.4 Å². The number of rotatable bonds is 2. The van der Waals surface area contributed by atoms with Gasteiger partial charge in [0.1, 0.15) is 5.82 Å². The maximum atomic E-state index is 12.9. The zero-order valence-electron chi connectivity index (χ0n) is 15.4. The average molecular weight is 401 g/mol. The van der Waals surface area contributed by atoms with Crippen molar-refractivity contribution in [3.8, 4) is 0 Å². The standard InChI is InChI=1S/C21H18F3N3O2/c22-21(23,24)14-5-4-6-15(12-14)25-19(28)13-8-9-16-17(11-13)26-18-7-2-1-3-10-27(18)20(16)29/h4-6,8-9,11-12H,1-3,7,10H2,(H,25,28). The van der Waals surface area contributed by atoms with E-state index in [4.69, 9.17) is 0 Å². The third-order valence-electron chi connectivity index (χ3n) is 5.03. The Hall–Kier alpha value is -3.16. The summed E-state index contributed by atoms with van der Waals surface area (Å²) < 4.78 is 40.3. The van der Waals surface area contributed by atoms with Crippen LogP contribution in [0.3, 0.4) is 0 Å². The van der Waals surface area contributed by atoms with E-state index in [-0.39, 0.29) is 16.8 Å². The van der Waals surface area contributed by atoms with Crippen LogP contribution in [0.5, 0.6) is 0 Å². The lowest BCUT2D eigenvalue weighted by Crippen LogP contribution is -2.24. The van der Waals surface area contributed by atoms with E-state index in [0.717, 1.165) is 31.4 Å². The predicted molar refractivity (Wildman–Crippen MR) is 103 cm³/mol. The molecule has 4 rings (SSSR count). The number of nitrogens with zero attached hydrogens (tertiary/aromatic N) is 2. The molecular weight excluding hydrogens is 383 g/mol. The molecular formula is C21H18F3N3O2. The Morgan fingerprint density at radius 1 is 1.07 bits per heavy atom. The van der Waals surface area contributed by atoms with E-state index in [9.17, 15) is 22.8 Å². The molecule has 0 fully saturated rings. The van der Waals surface area contributed by atoms with Crippen LogP contribution in [0, 0.1) is 0 Å². The number of nitrogens with one attached hydrogen (secondary N) is 1. The summed E-state index contributed by atoms with van der Waals surface area (Å²) in [6, 6.07) is 8.97. The van der Waals surface area contributed by atoms with Gasteiger partial charge in [-0.3, -0.25) is 14.2 Å². The molecule has 1 amide bonds. The quantitative estimate of drug-likeness (QED) is 0.693. The zero-order chi connectivity index (χ0) is 20.6. The van der Waals surface area contributed by atoms with Gasteiger partial charge in [0.15, 0.2) is 0 Å². The number of carbonyl (C=O) groups is 1. The molecule has 0 spiro atoms. The molecule has 0 atom stereocenters. The first-order valence-electron chi connectivity index (χ1n) is 9.35. The summed E-state index contributed by atoms with van der Waals surface area (Å²) in [7, 11) is 0. The van der Waals surface area contributed by atoms with Crippen LogP contribution in [0.25, 0.3) is 10.9 Å². The molecule has 3 aromatic rings. The van der Waals surface area contributed by atoms with Gasteiger partial charge < -0.3 is 5.32 Å². The number of hydrogen-bond acceptors (Lipinski definition) is 3. The van der Waals surface area contributed by atoms with Gasteiger partial charge in [0.2, 0.25) is 0 Å². The van der Waals surface area contributed by atoms with Crippen molar-refractivity contribution in [1.82, 2.24) is 9.55 Å².